The molecule has 0 aromatic carbocycles. The van der Waals surface area contributed by atoms with Crippen LogP contribution in [0.3, 0.4) is 0 Å². The molecule has 0 aliphatic carbocycles. The van der Waals surface area contributed by atoms with Crippen molar-refractivity contribution in [3.63, 3.8) is 0 Å². The summed E-state index contributed by atoms with van der Waals surface area (Å²) in [6.07, 6.45) is 3.11. The minimum absolute atomic E-state index is 0.148. The van der Waals surface area contributed by atoms with Crippen molar-refractivity contribution in [1.82, 2.24) is 4.98 Å². The zero-order chi connectivity index (χ0) is 11.3. The topological polar surface area (TPSA) is 79.3 Å². The molecule has 6 heteroatoms. The summed E-state index contributed by atoms with van der Waals surface area (Å²) >= 11 is 5.66. The van der Waals surface area contributed by atoms with E-state index in [0.29, 0.717) is 5.69 Å². The van der Waals surface area contributed by atoms with Crippen LogP contribution in [-0.4, -0.2) is 22.0 Å². The van der Waals surface area contributed by atoms with E-state index in [1.54, 1.807) is 12.1 Å². The number of pyridine rings is 1. The van der Waals surface area contributed by atoms with Crippen molar-refractivity contribution in [2.24, 2.45) is 0 Å². The molecule has 0 aliphatic heterocycles. The lowest BCUT2D eigenvalue weighted by atomic mass is 10.4. The number of aromatic nitrogens is 1. The monoisotopic (exact) mass is 226 g/mol. The Labute approximate surface area is 90.4 Å². The highest BCUT2D eigenvalue weighted by Crippen LogP contribution is 2.16. The van der Waals surface area contributed by atoms with Gasteiger partial charge >= 0.3 is 5.97 Å². The SMILES string of the molecule is O=C(O)/C=C\C(=O)Nc1cccnc1Cl. The number of aliphatic carboxylic acids is 1. The summed E-state index contributed by atoms with van der Waals surface area (Å²) in [6, 6.07) is 3.16. The zero-order valence-corrected chi connectivity index (χ0v) is 8.23. The lowest BCUT2D eigenvalue weighted by Gasteiger charge is -2.02. The van der Waals surface area contributed by atoms with Crippen LogP contribution in [0.2, 0.25) is 5.15 Å². The molecular weight excluding hydrogens is 220 g/mol. The molecule has 1 rings (SSSR count). The van der Waals surface area contributed by atoms with E-state index in [1.807, 2.05) is 0 Å². The number of carbonyl (C=O) groups is 2. The first kappa shape index (κ1) is 11.2. The van der Waals surface area contributed by atoms with E-state index in [1.165, 1.54) is 6.20 Å². The Bertz CT molecular complexity index is 418. The molecule has 0 radical (unpaired) electrons. The summed E-state index contributed by atoms with van der Waals surface area (Å²) in [5, 5.41) is 10.8. The number of carboxylic acid groups (broad SMARTS) is 1. The first-order valence-corrected chi connectivity index (χ1v) is 4.30. The molecule has 1 aromatic heterocycles. The number of rotatable bonds is 3. The predicted molar refractivity (Wildman–Crippen MR) is 54.7 cm³/mol. The number of anilines is 1. The van der Waals surface area contributed by atoms with Gasteiger partial charge in [0.25, 0.3) is 0 Å². The van der Waals surface area contributed by atoms with Gasteiger partial charge in [-0.2, -0.15) is 0 Å². The van der Waals surface area contributed by atoms with Crippen LogP contribution in [0.4, 0.5) is 5.69 Å². The smallest absolute Gasteiger partial charge is 0.328 e. The molecule has 0 saturated carbocycles. The Morgan fingerprint density at radius 1 is 1.47 bits per heavy atom. The molecule has 0 unspecified atom stereocenters. The third kappa shape index (κ3) is 3.78. The highest BCUT2D eigenvalue weighted by molar-refractivity contribution is 6.32. The van der Waals surface area contributed by atoms with Gasteiger partial charge in [0.05, 0.1) is 5.69 Å². The van der Waals surface area contributed by atoms with E-state index in [0.717, 1.165) is 12.2 Å². The molecule has 5 nitrogen and oxygen atoms in total. The van der Waals surface area contributed by atoms with Crippen molar-refractivity contribution < 1.29 is 14.7 Å². The third-order valence-electron chi connectivity index (χ3n) is 1.39. The Morgan fingerprint density at radius 3 is 2.80 bits per heavy atom. The van der Waals surface area contributed by atoms with Crippen LogP contribution >= 0.6 is 11.6 Å². The van der Waals surface area contributed by atoms with Crippen LogP contribution in [0.5, 0.6) is 0 Å². The fourth-order valence-electron chi connectivity index (χ4n) is 0.801. The predicted octanol–water partition coefficient (Wildman–Crippen LogP) is 1.31. The highest BCUT2D eigenvalue weighted by Gasteiger charge is 2.02. The normalized spacial score (nSPS) is 10.2. The van der Waals surface area contributed by atoms with Crippen LogP contribution in [0.15, 0.2) is 30.5 Å². The average Bonchev–Trinajstić information content (AvgIpc) is 2.18. The second-order valence-electron chi connectivity index (χ2n) is 2.50. The van der Waals surface area contributed by atoms with Crippen LogP contribution in [-0.2, 0) is 9.59 Å². The second-order valence-corrected chi connectivity index (χ2v) is 2.86. The van der Waals surface area contributed by atoms with Crippen molar-refractivity contribution >= 4 is 29.2 Å². The summed E-state index contributed by atoms with van der Waals surface area (Å²) in [5.41, 5.74) is 0.333. The number of nitrogens with one attached hydrogen (secondary N) is 1. The standard InChI is InChI=1S/C9H7ClN2O3/c10-9-6(2-1-5-11-9)12-7(13)3-4-8(14)15/h1-5H,(H,12,13)(H,14,15)/b4-3-. The van der Waals surface area contributed by atoms with Crippen molar-refractivity contribution in [2.45, 2.75) is 0 Å². The summed E-state index contributed by atoms with van der Waals surface area (Å²) in [5.74, 6) is -1.77. The van der Waals surface area contributed by atoms with E-state index in [2.05, 4.69) is 10.3 Å². The third-order valence-corrected chi connectivity index (χ3v) is 1.70. The minimum Gasteiger partial charge on any atom is -0.478 e. The zero-order valence-electron chi connectivity index (χ0n) is 7.48. The van der Waals surface area contributed by atoms with Crippen molar-refractivity contribution in [2.75, 3.05) is 5.32 Å². The van der Waals surface area contributed by atoms with Crippen molar-refractivity contribution in [3.8, 4) is 0 Å². The quantitative estimate of drug-likeness (QED) is 0.602. The average molecular weight is 227 g/mol. The molecule has 1 heterocycles. The van der Waals surface area contributed by atoms with Gasteiger partial charge in [0, 0.05) is 18.3 Å². The lowest BCUT2D eigenvalue weighted by Crippen LogP contribution is -2.09. The fourth-order valence-corrected chi connectivity index (χ4v) is 0.967. The van der Waals surface area contributed by atoms with Gasteiger partial charge in [-0.3, -0.25) is 4.79 Å². The highest BCUT2D eigenvalue weighted by atomic mass is 35.5. The molecule has 1 amide bonds. The van der Waals surface area contributed by atoms with Gasteiger partial charge in [0.15, 0.2) is 5.15 Å². The van der Waals surface area contributed by atoms with E-state index in [-0.39, 0.29) is 5.15 Å². The van der Waals surface area contributed by atoms with E-state index in [4.69, 9.17) is 16.7 Å². The molecule has 15 heavy (non-hydrogen) atoms. The molecule has 0 saturated heterocycles. The van der Waals surface area contributed by atoms with E-state index >= 15 is 0 Å². The van der Waals surface area contributed by atoms with Crippen molar-refractivity contribution in [1.29, 1.82) is 0 Å². The molecular formula is C9H7ClN2O3. The summed E-state index contributed by atoms with van der Waals surface area (Å²) in [7, 11) is 0. The number of carbonyl (C=O) groups excluding carboxylic acids is 1. The van der Waals surface area contributed by atoms with Crippen LogP contribution < -0.4 is 5.32 Å². The first-order valence-electron chi connectivity index (χ1n) is 3.92. The molecule has 0 spiro atoms. The molecule has 78 valence electrons. The minimum atomic E-state index is -1.19. The van der Waals surface area contributed by atoms with Gasteiger partial charge in [0.1, 0.15) is 0 Å². The molecule has 0 bridgehead atoms. The Balaban J connectivity index is 2.67. The van der Waals surface area contributed by atoms with E-state index in [9.17, 15) is 9.59 Å². The van der Waals surface area contributed by atoms with Crippen LogP contribution in [0, 0.1) is 0 Å². The number of halogens is 1. The Kier molecular flexibility index (Phi) is 3.82. The van der Waals surface area contributed by atoms with Crippen LogP contribution in [0.1, 0.15) is 0 Å². The Morgan fingerprint density at radius 2 is 2.20 bits per heavy atom. The van der Waals surface area contributed by atoms with Gasteiger partial charge in [-0.25, -0.2) is 9.78 Å². The van der Waals surface area contributed by atoms with Gasteiger partial charge < -0.3 is 10.4 Å². The number of amides is 1. The largest absolute Gasteiger partial charge is 0.478 e. The van der Waals surface area contributed by atoms with Crippen molar-refractivity contribution in [3.05, 3.63) is 35.6 Å². The molecule has 2 N–H and O–H groups in total. The number of nitrogens with zero attached hydrogens (tertiary/aromatic N) is 1. The van der Waals surface area contributed by atoms with E-state index < -0.39 is 11.9 Å². The maximum absolute atomic E-state index is 11.1. The summed E-state index contributed by atoms with van der Waals surface area (Å²) in [4.78, 5) is 25.0. The van der Waals surface area contributed by atoms with Gasteiger partial charge in [-0.15, -0.1) is 0 Å². The maximum atomic E-state index is 11.1. The molecule has 0 aliphatic rings. The lowest BCUT2D eigenvalue weighted by molar-refractivity contribution is -0.131. The van der Waals surface area contributed by atoms with Gasteiger partial charge in [-0.1, -0.05) is 11.6 Å². The first-order chi connectivity index (χ1) is 7.09. The summed E-state index contributed by atoms with van der Waals surface area (Å²) in [6.45, 7) is 0. The Hall–Kier alpha value is -1.88. The molecule has 1 aromatic rings. The molecule has 0 fully saturated rings. The maximum Gasteiger partial charge on any atom is 0.328 e. The fraction of sp³-hybridized carbons (Fsp3) is 0. The van der Waals surface area contributed by atoms with Gasteiger partial charge in [0.2, 0.25) is 5.91 Å². The van der Waals surface area contributed by atoms with Gasteiger partial charge in [-0.05, 0) is 12.1 Å². The molecule has 0 atom stereocenters. The second kappa shape index (κ2) is 5.11. The summed E-state index contributed by atoms with van der Waals surface area (Å²) < 4.78 is 0. The number of hydrogen-bond acceptors (Lipinski definition) is 3. The van der Waals surface area contributed by atoms with Crippen LogP contribution in [0.25, 0.3) is 0 Å². The number of carboxylic acids is 1. The number of hydrogen-bond donors (Lipinski definition) is 2.